The van der Waals surface area contributed by atoms with Crippen molar-refractivity contribution < 1.29 is 9.64 Å². The van der Waals surface area contributed by atoms with E-state index in [4.69, 9.17) is 17.0 Å². The highest BCUT2D eigenvalue weighted by Crippen LogP contribution is 2.15. The molecule has 2 fully saturated rings. The van der Waals surface area contributed by atoms with E-state index in [9.17, 15) is 0 Å². The van der Waals surface area contributed by atoms with Crippen molar-refractivity contribution in [3.8, 4) is 0 Å². The third-order valence-corrected chi connectivity index (χ3v) is 5.33. The monoisotopic (exact) mass is 328 g/mol. The first-order valence-corrected chi connectivity index (χ1v) is 9.56. The molecule has 0 atom stereocenters. The Morgan fingerprint density at radius 3 is 2.55 bits per heavy atom. The second kappa shape index (κ2) is 9.68. The van der Waals surface area contributed by atoms with Gasteiger partial charge in [-0.05, 0) is 58.2 Å². The molecule has 0 aromatic carbocycles. The van der Waals surface area contributed by atoms with Crippen LogP contribution in [0.3, 0.4) is 0 Å². The molecule has 1 saturated heterocycles. The Morgan fingerprint density at radius 1 is 1.23 bits per heavy atom. The summed E-state index contributed by atoms with van der Waals surface area (Å²) in [6, 6.07) is 0.922. The molecule has 2 aliphatic rings. The molecule has 1 heterocycles. The number of ether oxygens (including phenoxy) is 1. The Balaban J connectivity index is 1.58. The number of nitrogens with zero attached hydrogens (tertiary/aromatic N) is 1. The predicted molar refractivity (Wildman–Crippen MR) is 95.4 cm³/mol. The largest absolute Gasteiger partial charge is 0.379 e. The number of thiocarbonyl (C=S) groups is 1. The average Bonchev–Trinajstić information content (AvgIpc) is 2.55. The highest BCUT2D eigenvalue weighted by atomic mass is 32.1. The van der Waals surface area contributed by atoms with Crippen molar-refractivity contribution in [3.05, 3.63) is 0 Å². The molecule has 1 aliphatic carbocycles. The van der Waals surface area contributed by atoms with Gasteiger partial charge in [-0.2, -0.15) is 0 Å². The Hall–Kier alpha value is -0.390. The maximum absolute atomic E-state index is 5.55. The quantitative estimate of drug-likeness (QED) is 0.566. The van der Waals surface area contributed by atoms with Gasteiger partial charge in [-0.25, -0.2) is 0 Å². The molecule has 0 bridgehead atoms. The van der Waals surface area contributed by atoms with E-state index in [0.29, 0.717) is 6.10 Å². The van der Waals surface area contributed by atoms with E-state index in [1.54, 1.807) is 0 Å². The predicted octanol–water partition coefficient (Wildman–Crippen LogP) is 1.21. The fourth-order valence-electron chi connectivity index (χ4n) is 3.61. The van der Waals surface area contributed by atoms with Crippen LogP contribution in [0.4, 0.5) is 0 Å². The van der Waals surface area contributed by atoms with E-state index >= 15 is 0 Å². The minimum absolute atomic E-state index is 0.322. The number of rotatable bonds is 6. The minimum Gasteiger partial charge on any atom is -0.379 e. The molecule has 1 aliphatic heterocycles. The summed E-state index contributed by atoms with van der Waals surface area (Å²) in [5.41, 5.74) is 0. The lowest BCUT2D eigenvalue weighted by atomic mass is 9.94. The van der Waals surface area contributed by atoms with Gasteiger partial charge in [0.2, 0.25) is 0 Å². The molecule has 0 spiro atoms. The van der Waals surface area contributed by atoms with Crippen LogP contribution >= 0.6 is 12.2 Å². The topological polar surface area (TPSA) is 28.9 Å². The third-order valence-electron chi connectivity index (χ3n) is 4.92. The SMILES string of the molecule is CC(C)OCCCNC(=S)N1CC[NH+](C2CCCCC2)CC1. The molecule has 0 amide bonds. The summed E-state index contributed by atoms with van der Waals surface area (Å²) >= 11 is 5.53. The fraction of sp³-hybridized carbons (Fsp3) is 0.941. The van der Waals surface area contributed by atoms with Gasteiger partial charge in [0.1, 0.15) is 0 Å². The van der Waals surface area contributed by atoms with Gasteiger partial charge < -0.3 is 19.9 Å². The van der Waals surface area contributed by atoms with Crippen LogP contribution in [0.25, 0.3) is 0 Å². The van der Waals surface area contributed by atoms with Gasteiger partial charge in [0.05, 0.1) is 38.3 Å². The molecule has 5 heteroatoms. The van der Waals surface area contributed by atoms with Crippen LogP contribution in [0, 0.1) is 0 Å². The first-order chi connectivity index (χ1) is 10.7. The number of hydrogen-bond donors (Lipinski definition) is 2. The first kappa shape index (κ1) is 18.0. The van der Waals surface area contributed by atoms with Crippen molar-refractivity contribution in [1.29, 1.82) is 0 Å². The summed E-state index contributed by atoms with van der Waals surface area (Å²) in [6.45, 7) is 10.6. The van der Waals surface area contributed by atoms with E-state index in [-0.39, 0.29) is 0 Å². The summed E-state index contributed by atoms with van der Waals surface area (Å²) < 4.78 is 5.55. The van der Waals surface area contributed by atoms with Crippen molar-refractivity contribution in [2.45, 2.75) is 64.5 Å². The van der Waals surface area contributed by atoms with Crippen molar-refractivity contribution in [2.75, 3.05) is 39.3 Å². The van der Waals surface area contributed by atoms with Crippen molar-refractivity contribution >= 4 is 17.3 Å². The van der Waals surface area contributed by atoms with E-state index < -0.39 is 0 Å². The minimum atomic E-state index is 0.322. The molecule has 22 heavy (non-hydrogen) atoms. The van der Waals surface area contributed by atoms with Crippen LogP contribution in [0.2, 0.25) is 0 Å². The van der Waals surface area contributed by atoms with Crippen LogP contribution < -0.4 is 10.2 Å². The second-order valence-corrected chi connectivity index (χ2v) is 7.37. The van der Waals surface area contributed by atoms with Gasteiger partial charge in [-0.1, -0.05) is 6.42 Å². The molecular weight excluding hydrogens is 294 g/mol. The number of piperazine rings is 1. The van der Waals surface area contributed by atoms with Crippen LogP contribution in [0.5, 0.6) is 0 Å². The molecular formula is C17H34N3OS+. The van der Waals surface area contributed by atoms with Crippen molar-refractivity contribution in [2.24, 2.45) is 0 Å². The van der Waals surface area contributed by atoms with Gasteiger partial charge in [0.25, 0.3) is 0 Å². The molecule has 0 aromatic heterocycles. The van der Waals surface area contributed by atoms with Crippen LogP contribution in [-0.4, -0.2) is 61.5 Å². The van der Waals surface area contributed by atoms with Crippen molar-refractivity contribution in [1.82, 2.24) is 10.2 Å². The fourth-order valence-corrected chi connectivity index (χ4v) is 3.90. The molecule has 0 radical (unpaired) electrons. The van der Waals surface area contributed by atoms with Gasteiger partial charge in [0.15, 0.2) is 5.11 Å². The average molecular weight is 329 g/mol. The number of hydrogen-bond acceptors (Lipinski definition) is 2. The van der Waals surface area contributed by atoms with Crippen LogP contribution in [0.15, 0.2) is 0 Å². The van der Waals surface area contributed by atoms with Crippen LogP contribution in [-0.2, 0) is 4.74 Å². The van der Waals surface area contributed by atoms with Gasteiger partial charge in [0, 0.05) is 13.2 Å². The standard InChI is InChI=1S/C17H33N3OS/c1-15(2)21-14-6-9-18-17(22)20-12-10-19(11-13-20)16-7-4-3-5-8-16/h15-16H,3-14H2,1-2H3,(H,18,22)/p+1. The summed E-state index contributed by atoms with van der Waals surface area (Å²) in [4.78, 5) is 4.18. The summed E-state index contributed by atoms with van der Waals surface area (Å²) in [5, 5.41) is 4.33. The zero-order valence-electron chi connectivity index (χ0n) is 14.4. The highest BCUT2D eigenvalue weighted by Gasteiger charge is 2.28. The van der Waals surface area contributed by atoms with Crippen molar-refractivity contribution in [3.63, 3.8) is 0 Å². The zero-order valence-corrected chi connectivity index (χ0v) is 15.2. The second-order valence-electron chi connectivity index (χ2n) is 6.99. The molecule has 128 valence electrons. The maximum Gasteiger partial charge on any atom is 0.169 e. The Bertz CT molecular complexity index is 324. The maximum atomic E-state index is 5.55. The summed E-state index contributed by atoms with van der Waals surface area (Å²) in [7, 11) is 0. The van der Waals surface area contributed by atoms with E-state index in [0.717, 1.165) is 43.8 Å². The van der Waals surface area contributed by atoms with E-state index in [1.165, 1.54) is 45.2 Å². The smallest absolute Gasteiger partial charge is 0.169 e. The highest BCUT2D eigenvalue weighted by molar-refractivity contribution is 7.80. The molecule has 4 nitrogen and oxygen atoms in total. The Kier molecular flexibility index (Phi) is 7.90. The van der Waals surface area contributed by atoms with Gasteiger partial charge in [-0.15, -0.1) is 0 Å². The molecule has 1 saturated carbocycles. The van der Waals surface area contributed by atoms with Gasteiger partial charge >= 0.3 is 0 Å². The molecule has 0 aromatic rings. The number of quaternary nitrogens is 1. The summed E-state index contributed by atoms with van der Waals surface area (Å²) in [6.07, 6.45) is 8.55. The zero-order chi connectivity index (χ0) is 15.8. The van der Waals surface area contributed by atoms with E-state index in [1.807, 2.05) is 4.90 Å². The van der Waals surface area contributed by atoms with E-state index in [2.05, 4.69) is 24.1 Å². The first-order valence-electron chi connectivity index (χ1n) is 9.16. The Labute approximate surface area is 141 Å². The lowest BCUT2D eigenvalue weighted by Gasteiger charge is -2.38. The van der Waals surface area contributed by atoms with Gasteiger partial charge in [-0.3, -0.25) is 0 Å². The lowest BCUT2D eigenvalue weighted by molar-refractivity contribution is -0.930. The third kappa shape index (κ3) is 6.01. The normalized spacial score (nSPS) is 21.3. The molecule has 2 N–H and O–H groups in total. The number of nitrogens with one attached hydrogen (secondary N) is 2. The molecule has 0 unspecified atom stereocenters. The Morgan fingerprint density at radius 2 is 1.91 bits per heavy atom. The molecule has 2 rings (SSSR count). The van der Waals surface area contributed by atoms with Crippen LogP contribution in [0.1, 0.15) is 52.4 Å². The summed E-state index contributed by atoms with van der Waals surface area (Å²) in [5.74, 6) is 0. The lowest BCUT2D eigenvalue weighted by Crippen LogP contribution is -3.18.